The minimum absolute atomic E-state index is 0.292. The van der Waals surface area contributed by atoms with Crippen molar-refractivity contribution in [3.8, 4) is 0 Å². The molecule has 0 radical (unpaired) electrons. The van der Waals surface area contributed by atoms with Crippen LogP contribution in [0.2, 0.25) is 0 Å². The first-order valence-electron chi connectivity index (χ1n) is 6.51. The Balaban J connectivity index is 2.11. The van der Waals surface area contributed by atoms with Gasteiger partial charge in [0.15, 0.2) is 0 Å². The zero-order chi connectivity index (χ0) is 16.3. The van der Waals surface area contributed by atoms with E-state index in [0.717, 1.165) is 12.1 Å². The first-order valence-corrected chi connectivity index (χ1v) is 7.31. The fourth-order valence-corrected chi connectivity index (χ4v) is 2.43. The fraction of sp³-hybridized carbons (Fsp3) is 0.188. The third kappa shape index (κ3) is 3.88. The van der Waals surface area contributed by atoms with Gasteiger partial charge in [-0.3, -0.25) is 4.79 Å². The van der Waals surface area contributed by atoms with Crippen molar-refractivity contribution in [3.63, 3.8) is 0 Å². The molecule has 2 aromatic rings. The summed E-state index contributed by atoms with van der Waals surface area (Å²) in [5.41, 5.74) is 0.371. The minimum Gasteiger partial charge on any atom is -0.345 e. The van der Waals surface area contributed by atoms with Gasteiger partial charge in [0, 0.05) is 4.47 Å². The molecule has 0 bridgehead atoms. The zero-order valence-electron chi connectivity index (χ0n) is 11.6. The van der Waals surface area contributed by atoms with Gasteiger partial charge in [-0.1, -0.05) is 24.3 Å². The van der Waals surface area contributed by atoms with Crippen molar-refractivity contribution in [1.29, 1.82) is 0 Å². The lowest BCUT2D eigenvalue weighted by atomic mass is 10.1. The summed E-state index contributed by atoms with van der Waals surface area (Å²) in [5, 5.41) is 2.76. The summed E-state index contributed by atoms with van der Waals surface area (Å²) < 4.78 is 38.2. The highest BCUT2D eigenvalue weighted by molar-refractivity contribution is 9.10. The molecule has 2 aromatic carbocycles. The van der Waals surface area contributed by atoms with Crippen LogP contribution >= 0.6 is 15.9 Å². The van der Waals surface area contributed by atoms with Crippen LogP contribution in [0.3, 0.4) is 0 Å². The quantitative estimate of drug-likeness (QED) is 0.811. The molecule has 1 unspecified atom stereocenters. The summed E-state index contributed by atoms with van der Waals surface area (Å²) in [7, 11) is 0. The van der Waals surface area contributed by atoms with Crippen molar-refractivity contribution in [3.05, 3.63) is 69.7 Å². The maximum absolute atomic E-state index is 12.5. The van der Waals surface area contributed by atoms with Crippen molar-refractivity contribution in [2.45, 2.75) is 19.1 Å². The topological polar surface area (TPSA) is 29.1 Å². The van der Waals surface area contributed by atoms with Gasteiger partial charge in [0.1, 0.15) is 0 Å². The van der Waals surface area contributed by atoms with Gasteiger partial charge in [-0.05, 0) is 52.7 Å². The molecule has 0 aliphatic heterocycles. The van der Waals surface area contributed by atoms with E-state index in [2.05, 4.69) is 21.2 Å². The molecule has 0 spiro atoms. The van der Waals surface area contributed by atoms with Gasteiger partial charge in [-0.15, -0.1) is 0 Å². The number of rotatable bonds is 3. The van der Waals surface area contributed by atoms with Gasteiger partial charge in [-0.2, -0.15) is 13.2 Å². The molecule has 0 aliphatic carbocycles. The predicted octanol–water partition coefficient (Wildman–Crippen LogP) is 4.96. The molecule has 2 nitrogen and oxygen atoms in total. The molecule has 22 heavy (non-hydrogen) atoms. The molecule has 0 heterocycles. The monoisotopic (exact) mass is 371 g/mol. The molecule has 0 aliphatic rings. The van der Waals surface area contributed by atoms with E-state index in [9.17, 15) is 18.0 Å². The summed E-state index contributed by atoms with van der Waals surface area (Å²) in [5.74, 6) is -0.292. The zero-order valence-corrected chi connectivity index (χ0v) is 13.2. The highest BCUT2D eigenvalue weighted by Crippen LogP contribution is 2.30. The molecule has 1 atom stereocenters. The van der Waals surface area contributed by atoms with Gasteiger partial charge in [0.2, 0.25) is 0 Å². The van der Waals surface area contributed by atoms with E-state index >= 15 is 0 Å². The lowest BCUT2D eigenvalue weighted by molar-refractivity contribution is -0.137. The van der Waals surface area contributed by atoms with Crippen molar-refractivity contribution in [2.75, 3.05) is 0 Å². The molecular formula is C16H13BrF3NO. The van der Waals surface area contributed by atoms with E-state index in [1.54, 1.807) is 31.2 Å². The highest BCUT2D eigenvalue weighted by Gasteiger charge is 2.30. The summed E-state index contributed by atoms with van der Waals surface area (Å²) in [6.07, 6.45) is -4.36. The molecule has 6 heteroatoms. The third-order valence-electron chi connectivity index (χ3n) is 3.20. The van der Waals surface area contributed by atoms with Crippen molar-refractivity contribution >= 4 is 21.8 Å². The number of carbonyl (C=O) groups excluding carboxylic acids is 1. The Morgan fingerprint density at radius 2 is 1.68 bits per heavy atom. The van der Waals surface area contributed by atoms with Crippen LogP contribution in [-0.2, 0) is 6.18 Å². The summed E-state index contributed by atoms with van der Waals surface area (Å²) in [6.45, 7) is 1.72. The Bertz CT molecular complexity index is 668. The minimum atomic E-state index is -4.36. The molecule has 2 rings (SSSR count). The number of nitrogens with one attached hydrogen (secondary N) is 1. The van der Waals surface area contributed by atoms with Crippen LogP contribution in [-0.4, -0.2) is 5.91 Å². The normalized spacial score (nSPS) is 12.8. The van der Waals surface area contributed by atoms with E-state index in [1.165, 1.54) is 12.1 Å². The molecule has 1 amide bonds. The average molecular weight is 372 g/mol. The van der Waals surface area contributed by atoms with E-state index in [4.69, 9.17) is 0 Å². The highest BCUT2D eigenvalue weighted by atomic mass is 79.9. The summed E-state index contributed by atoms with van der Waals surface area (Å²) in [6, 6.07) is 11.3. The van der Waals surface area contributed by atoms with E-state index in [1.807, 2.05) is 0 Å². The maximum atomic E-state index is 12.5. The number of halogens is 4. The first kappa shape index (κ1) is 16.5. The van der Waals surface area contributed by atoms with Gasteiger partial charge < -0.3 is 5.32 Å². The van der Waals surface area contributed by atoms with Crippen LogP contribution < -0.4 is 5.32 Å². The van der Waals surface area contributed by atoms with Crippen LogP contribution in [0, 0.1) is 0 Å². The standard InChI is InChI=1S/C16H13BrF3NO/c1-10(11-6-8-12(9-7-11)16(18,19)20)21-15(22)13-4-2-3-5-14(13)17/h2-10H,1H3,(H,21,22). The molecule has 0 saturated heterocycles. The van der Waals surface area contributed by atoms with Crippen LogP contribution in [0.5, 0.6) is 0 Å². The van der Waals surface area contributed by atoms with Crippen LogP contribution in [0.15, 0.2) is 53.0 Å². The smallest absolute Gasteiger partial charge is 0.345 e. The molecular weight excluding hydrogens is 359 g/mol. The van der Waals surface area contributed by atoms with Crippen LogP contribution in [0.25, 0.3) is 0 Å². The maximum Gasteiger partial charge on any atom is 0.416 e. The van der Waals surface area contributed by atoms with Crippen LogP contribution in [0.4, 0.5) is 13.2 Å². The lowest BCUT2D eigenvalue weighted by Gasteiger charge is -2.16. The fourth-order valence-electron chi connectivity index (χ4n) is 1.96. The largest absolute Gasteiger partial charge is 0.416 e. The second-order valence-electron chi connectivity index (χ2n) is 4.79. The second kappa shape index (κ2) is 6.52. The van der Waals surface area contributed by atoms with E-state index in [0.29, 0.717) is 15.6 Å². The Hall–Kier alpha value is -1.82. The Morgan fingerprint density at radius 3 is 2.23 bits per heavy atom. The molecule has 1 N–H and O–H groups in total. The Morgan fingerprint density at radius 1 is 1.09 bits per heavy atom. The van der Waals surface area contributed by atoms with Crippen LogP contribution in [0.1, 0.15) is 34.5 Å². The number of benzene rings is 2. The van der Waals surface area contributed by atoms with Gasteiger partial charge in [0.05, 0.1) is 17.2 Å². The number of hydrogen-bond donors (Lipinski definition) is 1. The van der Waals surface area contributed by atoms with Crippen molar-refractivity contribution in [2.24, 2.45) is 0 Å². The number of hydrogen-bond acceptors (Lipinski definition) is 1. The summed E-state index contributed by atoms with van der Waals surface area (Å²) >= 11 is 3.29. The number of amides is 1. The number of alkyl halides is 3. The predicted molar refractivity (Wildman–Crippen MR) is 81.5 cm³/mol. The summed E-state index contributed by atoms with van der Waals surface area (Å²) in [4.78, 5) is 12.2. The first-order chi connectivity index (χ1) is 10.3. The molecule has 116 valence electrons. The number of carbonyl (C=O) groups is 1. The van der Waals surface area contributed by atoms with Gasteiger partial charge in [0.25, 0.3) is 5.91 Å². The van der Waals surface area contributed by atoms with Gasteiger partial charge in [-0.25, -0.2) is 0 Å². The second-order valence-corrected chi connectivity index (χ2v) is 5.65. The van der Waals surface area contributed by atoms with Crippen molar-refractivity contribution < 1.29 is 18.0 Å². The van der Waals surface area contributed by atoms with E-state index < -0.39 is 17.8 Å². The lowest BCUT2D eigenvalue weighted by Crippen LogP contribution is -2.27. The SMILES string of the molecule is CC(NC(=O)c1ccccc1Br)c1ccc(C(F)(F)F)cc1. The Kier molecular flexibility index (Phi) is 4.90. The average Bonchev–Trinajstić information content (AvgIpc) is 2.46. The molecule has 0 saturated carbocycles. The molecule has 0 fully saturated rings. The third-order valence-corrected chi connectivity index (χ3v) is 3.90. The molecule has 0 aromatic heterocycles. The Labute approximate surface area is 134 Å². The van der Waals surface area contributed by atoms with Crippen molar-refractivity contribution in [1.82, 2.24) is 5.32 Å². The van der Waals surface area contributed by atoms with E-state index in [-0.39, 0.29) is 5.91 Å². The van der Waals surface area contributed by atoms with Gasteiger partial charge >= 0.3 is 6.18 Å².